The summed E-state index contributed by atoms with van der Waals surface area (Å²) in [6.45, 7) is 8.94. The van der Waals surface area contributed by atoms with Crippen molar-refractivity contribution in [3.8, 4) is 0 Å². The van der Waals surface area contributed by atoms with Crippen LogP contribution in [0.2, 0.25) is 0 Å². The molecule has 0 heteroatoms. The molecule has 4 rings (SSSR count). The lowest BCUT2D eigenvalue weighted by Crippen LogP contribution is -2.08. The molecule has 0 N–H and O–H groups in total. The zero-order valence-electron chi connectivity index (χ0n) is 7.43. The molecule has 4 fully saturated rings. The van der Waals surface area contributed by atoms with Gasteiger partial charge in [0.2, 0.25) is 0 Å². The average molecular weight is 148 g/mol. The van der Waals surface area contributed by atoms with Crippen LogP contribution >= 0.6 is 0 Å². The molecule has 4 aliphatic carbocycles. The summed E-state index contributed by atoms with van der Waals surface area (Å²) in [4.78, 5) is 0. The fourth-order valence-corrected chi connectivity index (χ4v) is 4.54. The minimum absolute atomic E-state index is 0.608. The van der Waals surface area contributed by atoms with Gasteiger partial charge < -0.3 is 0 Å². The lowest BCUT2D eigenvalue weighted by molar-refractivity contribution is 0.356. The molecule has 4 bridgehead atoms. The lowest BCUT2D eigenvalue weighted by atomic mass is 9.91. The van der Waals surface area contributed by atoms with Crippen molar-refractivity contribution in [3.05, 3.63) is 12.7 Å². The predicted molar refractivity (Wildman–Crippen MR) is 46.1 cm³/mol. The molecular formula is C11H16. The van der Waals surface area contributed by atoms with E-state index in [1.165, 1.54) is 12.8 Å². The highest BCUT2D eigenvalue weighted by Crippen LogP contribution is 2.89. The van der Waals surface area contributed by atoms with Gasteiger partial charge in [0.15, 0.2) is 0 Å². The summed E-state index contributed by atoms with van der Waals surface area (Å²) in [6.07, 6.45) is 5.23. The average Bonchev–Trinajstić information content (AvgIpc) is 2.44. The first-order valence-electron chi connectivity index (χ1n) is 4.80. The highest BCUT2D eigenvalue weighted by molar-refractivity contribution is 5.36. The Balaban J connectivity index is 2.15. The molecule has 0 aromatic heterocycles. The lowest BCUT2D eigenvalue weighted by Gasteiger charge is -2.13. The monoisotopic (exact) mass is 148 g/mol. The Hall–Kier alpha value is -0.260. The minimum atomic E-state index is 0.608. The first-order chi connectivity index (χ1) is 5.17. The van der Waals surface area contributed by atoms with Gasteiger partial charge in [-0.2, -0.15) is 0 Å². The van der Waals surface area contributed by atoms with Crippen molar-refractivity contribution >= 4 is 0 Å². The zero-order valence-corrected chi connectivity index (χ0v) is 7.43. The normalized spacial score (nSPS) is 70.2. The molecule has 0 amide bonds. The van der Waals surface area contributed by atoms with Crippen molar-refractivity contribution < 1.29 is 0 Å². The molecule has 0 aromatic carbocycles. The number of rotatable bonds is 1. The third-order valence-corrected chi connectivity index (χ3v) is 5.42. The van der Waals surface area contributed by atoms with Gasteiger partial charge >= 0.3 is 0 Å². The summed E-state index contributed by atoms with van der Waals surface area (Å²) in [5.74, 6) is 3.04. The molecule has 0 aliphatic heterocycles. The van der Waals surface area contributed by atoms with E-state index in [0.717, 1.165) is 17.8 Å². The van der Waals surface area contributed by atoms with Gasteiger partial charge in [0, 0.05) is 0 Å². The molecule has 4 saturated carbocycles. The van der Waals surface area contributed by atoms with Crippen molar-refractivity contribution in [1.29, 1.82) is 0 Å². The minimum Gasteiger partial charge on any atom is -0.102 e. The highest BCUT2D eigenvalue weighted by atomic mass is 14.9. The second-order valence-electron chi connectivity index (χ2n) is 5.07. The Morgan fingerprint density at radius 2 is 2.27 bits per heavy atom. The first-order valence-corrected chi connectivity index (χ1v) is 4.80. The third kappa shape index (κ3) is 0.352. The molecule has 0 spiro atoms. The molecule has 4 aliphatic rings. The van der Waals surface area contributed by atoms with Crippen molar-refractivity contribution in [3.63, 3.8) is 0 Å². The molecule has 60 valence electrons. The predicted octanol–water partition coefficient (Wildman–Crippen LogP) is 2.85. The summed E-state index contributed by atoms with van der Waals surface area (Å²) in [6, 6.07) is 0. The van der Waals surface area contributed by atoms with Crippen LogP contribution in [-0.2, 0) is 0 Å². The van der Waals surface area contributed by atoms with Gasteiger partial charge in [0.05, 0.1) is 0 Å². The van der Waals surface area contributed by atoms with Gasteiger partial charge in [-0.3, -0.25) is 0 Å². The Morgan fingerprint density at radius 1 is 1.55 bits per heavy atom. The van der Waals surface area contributed by atoms with E-state index in [9.17, 15) is 0 Å². The summed E-state index contributed by atoms with van der Waals surface area (Å²) in [7, 11) is 0. The Labute approximate surface area is 68.7 Å². The van der Waals surface area contributed by atoms with Crippen LogP contribution in [0.4, 0.5) is 0 Å². The van der Waals surface area contributed by atoms with Crippen LogP contribution in [0.5, 0.6) is 0 Å². The van der Waals surface area contributed by atoms with E-state index in [-0.39, 0.29) is 0 Å². The van der Waals surface area contributed by atoms with Gasteiger partial charge in [-0.1, -0.05) is 19.9 Å². The smallest absolute Gasteiger partial charge is 0.00249 e. The first kappa shape index (κ1) is 6.28. The fourth-order valence-electron chi connectivity index (χ4n) is 4.54. The van der Waals surface area contributed by atoms with Gasteiger partial charge in [0.25, 0.3) is 0 Å². The maximum absolute atomic E-state index is 4.01. The van der Waals surface area contributed by atoms with E-state index in [2.05, 4.69) is 26.5 Å². The fraction of sp³-hybridized carbons (Fsp3) is 0.818. The molecule has 5 unspecified atom stereocenters. The largest absolute Gasteiger partial charge is 0.102 e. The van der Waals surface area contributed by atoms with Gasteiger partial charge in [-0.05, 0) is 41.4 Å². The van der Waals surface area contributed by atoms with Gasteiger partial charge in [-0.15, -0.1) is 6.58 Å². The third-order valence-electron chi connectivity index (χ3n) is 5.42. The molecule has 0 radical (unpaired) electrons. The van der Waals surface area contributed by atoms with Crippen LogP contribution in [-0.4, -0.2) is 0 Å². The Bertz CT molecular complexity index is 242. The molecule has 0 nitrogen and oxygen atoms in total. The second kappa shape index (κ2) is 1.32. The molecule has 0 saturated heterocycles. The van der Waals surface area contributed by atoms with E-state index < -0.39 is 0 Å². The van der Waals surface area contributed by atoms with Crippen LogP contribution in [0, 0.1) is 28.6 Å². The van der Waals surface area contributed by atoms with Crippen molar-refractivity contribution in [2.45, 2.75) is 26.7 Å². The molecular weight excluding hydrogens is 132 g/mol. The van der Waals surface area contributed by atoms with Crippen LogP contribution < -0.4 is 0 Å². The summed E-state index contributed by atoms with van der Waals surface area (Å²) in [5, 5.41) is 0. The number of allylic oxidation sites excluding steroid dienone is 1. The van der Waals surface area contributed by atoms with Crippen LogP contribution in [0.3, 0.4) is 0 Å². The summed E-state index contributed by atoms with van der Waals surface area (Å²) in [5.41, 5.74) is 1.29. The Kier molecular flexibility index (Phi) is 0.753. The Morgan fingerprint density at radius 3 is 2.45 bits per heavy atom. The second-order valence-corrected chi connectivity index (χ2v) is 5.07. The topological polar surface area (TPSA) is 0 Å². The SMILES string of the molecule is C=CC12CC3CC1C2(C)C3C. The number of hydrogen-bond acceptors (Lipinski definition) is 0. The molecule has 0 heterocycles. The van der Waals surface area contributed by atoms with Crippen LogP contribution in [0.1, 0.15) is 26.7 Å². The van der Waals surface area contributed by atoms with Gasteiger partial charge in [0.1, 0.15) is 0 Å². The highest BCUT2D eigenvalue weighted by Gasteiger charge is 2.83. The zero-order chi connectivity index (χ0) is 7.85. The van der Waals surface area contributed by atoms with Crippen LogP contribution in [0.25, 0.3) is 0 Å². The van der Waals surface area contributed by atoms with Crippen LogP contribution in [0.15, 0.2) is 12.7 Å². The van der Waals surface area contributed by atoms with E-state index >= 15 is 0 Å². The maximum atomic E-state index is 4.01. The summed E-state index contributed by atoms with van der Waals surface area (Å²) < 4.78 is 0. The van der Waals surface area contributed by atoms with E-state index in [1.807, 2.05) is 0 Å². The molecule has 11 heavy (non-hydrogen) atoms. The summed E-state index contributed by atoms with van der Waals surface area (Å²) >= 11 is 0. The quantitative estimate of drug-likeness (QED) is 0.502. The molecule has 0 aromatic rings. The maximum Gasteiger partial charge on any atom is -0.00249 e. The van der Waals surface area contributed by atoms with E-state index in [0.29, 0.717) is 10.8 Å². The van der Waals surface area contributed by atoms with Crippen molar-refractivity contribution in [2.24, 2.45) is 28.6 Å². The standard InChI is InChI=1S/C11H16/c1-4-11-6-8-5-9(11)10(11,3)7(8)2/h4,7-9H,1,5-6H2,2-3H3. The van der Waals surface area contributed by atoms with Crippen molar-refractivity contribution in [2.75, 3.05) is 0 Å². The van der Waals surface area contributed by atoms with Crippen molar-refractivity contribution in [1.82, 2.24) is 0 Å². The van der Waals surface area contributed by atoms with E-state index in [4.69, 9.17) is 0 Å². The molecule has 5 atom stereocenters. The number of hydrogen-bond donors (Lipinski definition) is 0. The van der Waals surface area contributed by atoms with E-state index in [1.54, 1.807) is 0 Å². The van der Waals surface area contributed by atoms with Gasteiger partial charge in [-0.25, -0.2) is 0 Å².